The first-order valence-electron chi connectivity index (χ1n) is 6.57. The van der Waals surface area contributed by atoms with Crippen LogP contribution in [0.25, 0.3) is 6.08 Å². The van der Waals surface area contributed by atoms with Gasteiger partial charge in [-0.25, -0.2) is 4.79 Å². The lowest BCUT2D eigenvalue weighted by Crippen LogP contribution is -2.32. The molecule has 1 amide bonds. The predicted molar refractivity (Wildman–Crippen MR) is 81.0 cm³/mol. The maximum Gasteiger partial charge on any atom is 0.407 e. The molecule has 1 aromatic rings. The van der Waals surface area contributed by atoms with Gasteiger partial charge in [-0.15, -0.1) is 0 Å². The van der Waals surface area contributed by atoms with Gasteiger partial charge in [-0.1, -0.05) is 12.2 Å². The van der Waals surface area contributed by atoms with Gasteiger partial charge in [0.25, 0.3) is 0 Å². The Balaban J connectivity index is 2.58. The molecular weight excluding hydrogens is 268 g/mol. The van der Waals surface area contributed by atoms with Crippen LogP contribution in [0, 0.1) is 11.3 Å². The second-order valence-electron chi connectivity index (χ2n) is 5.35. The topological polar surface area (TPSA) is 71.3 Å². The van der Waals surface area contributed by atoms with E-state index in [4.69, 9.17) is 14.7 Å². The van der Waals surface area contributed by atoms with Crippen LogP contribution in [0.5, 0.6) is 5.75 Å². The first-order valence-corrected chi connectivity index (χ1v) is 6.57. The third kappa shape index (κ3) is 6.00. The van der Waals surface area contributed by atoms with Crippen LogP contribution in [-0.4, -0.2) is 25.3 Å². The van der Waals surface area contributed by atoms with Crippen molar-refractivity contribution in [3.63, 3.8) is 0 Å². The standard InChI is InChI=1S/C16H20N2O3/c1-16(2,3)21-15(19)18-9-5-6-13-8-7-12(11-17)10-14(13)20-4/h5-8,10H,9H2,1-4H3,(H,18,19). The Bertz CT molecular complexity index is 566. The van der Waals surface area contributed by atoms with Crippen molar-refractivity contribution in [2.24, 2.45) is 0 Å². The summed E-state index contributed by atoms with van der Waals surface area (Å²) in [4.78, 5) is 11.4. The van der Waals surface area contributed by atoms with Crippen molar-refractivity contribution >= 4 is 12.2 Å². The summed E-state index contributed by atoms with van der Waals surface area (Å²) in [7, 11) is 1.55. The fourth-order valence-corrected chi connectivity index (χ4v) is 1.56. The molecule has 0 atom stereocenters. The van der Waals surface area contributed by atoms with Crippen LogP contribution in [-0.2, 0) is 4.74 Å². The van der Waals surface area contributed by atoms with Crippen molar-refractivity contribution in [3.05, 3.63) is 35.4 Å². The first-order chi connectivity index (χ1) is 9.85. The second-order valence-corrected chi connectivity index (χ2v) is 5.35. The van der Waals surface area contributed by atoms with Crippen LogP contribution < -0.4 is 10.1 Å². The first kappa shape index (κ1) is 16.6. The molecule has 5 nitrogen and oxygen atoms in total. The van der Waals surface area contributed by atoms with Gasteiger partial charge in [-0.3, -0.25) is 0 Å². The Hall–Kier alpha value is -2.48. The zero-order valence-electron chi connectivity index (χ0n) is 12.8. The number of benzene rings is 1. The van der Waals surface area contributed by atoms with Gasteiger partial charge in [-0.05, 0) is 39.0 Å². The van der Waals surface area contributed by atoms with Gasteiger partial charge in [0, 0.05) is 12.1 Å². The Morgan fingerprint density at radius 1 is 1.43 bits per heavy atom. The van der Waals surface area contributed by atoms with Gasteiger partial charge in [0.05, 0.1) is 18.7 Å². The third-order valence-corrected chi connectivity index (χ3v) is 2.42. The number of hydrogen-bond acceptors (Lipinski definition) is 4. The smallest absolute Gasteiger partial charge is 0.407 e. The van der Waals surface area contributed by atoms with Crippen LogP contribution >= 0.6 is 0 Å². The van der Waals surface area contributed by atoms with Crippen molar-refractivity contribution in [2.75, 3.05) is 13.7 Å². The largest absolute Gasteiger partial charge is 0.496 e. The van der Waals surface area contributed by atoms with E-state index in [9.17, 15) is 4.79 Å². The zero-order valence-corrected chi connectivity index (χ0v) is 12.8. The monoisotopic (exact) mass is 288 g/mol. The van der Waals surface area contributed by atoms with Crippen LogP contribution in [0.1, 0.15) is 31.9 Å². The van der Waals surface area contributed by atoms with Crippen molar-refractivity contribution in [2.45, 2.75) is 26.4 Å². The minimum Gasteiger partial charge on any atom is -0.496 e. The molecular formula is C16H20N2O3. The highest BCUT2D eigenvalue weighted by Gasteiger charge is 2.14. The third-order valence-electron chi connectivity index (χ3n) is 2.42. The van der Waals surface area contributed by atoms with E-state index in [1.54, 1.807) is 31.4 Å². The van der Waals surface area contributed by atoms with Gasteiger partial charge in [-0.2, -0.15) is 5.26 Å². The molecule has 0 aromatic heterocycles. The molecule has 0 fully saturated rings. The van der Waals surface area contributed by atoms with Crippen LogP contribution in [0.15, 0.2) is 24.3 Å². The quantitative estimate of drug-likeness (QED) is 0.924. The summed E-state index contributed by atoms with van der Waals surface area (Å²) in [5, 5.41) is 11.5. The van der Waals surface area contributed by atoms with E-state index in [0.29, 0.717) is 17.9 Å². The lowest BCUT2D eigenvalue weighted by atomic mass is 10.1. The highest BCUT2D eigenvalue weighted by Crippen LogP contribution is 2.21. The van der Waals surface area contributed by atoms with E-state index in [1.807, 2.05) is 26.8 Å². The molecule has 0 bridgehead atoms. The molecule has 5 heteroatoms. The van der Waals surface area contributed by atoms with Crippen molar-refractivity contribution in [1.82, 2.24) is 5.32 Å². The minimum atomic E-state index is -0.510. The molecule has 0 saturated carbocycles. The zero-order chi connectivity index (χ0) is 15.9. The fourth-order valence-electron chi connectivity index (χ4n) is 1.56. The van der Waals surface area contributed by atoms with Gasteiger partial charge < -0.3 is 14.8 Å². The summed E-state index contributed by atoms with van der Waals surface area (Å²) in [6.45, 7) is 5.77. The fraction of sp³-hybridized carbons (Fsp3) is 0.375. The second kappa shape index (κ2) is 7.34. The number of nitriles is 1. The van der Waals surface area contributed by atoms with Gasteiger partial charge >= 0.3 is 6.09 Å². The normalized spacial score (nSPS) is 11.0. The highest BCUT2D eigenvalue weighted by molar-refractivity contribution is 5.68. The maximum atomic E-state index is 11.4. The summed E-state index contributed by atoms with van der Waals surface area (Å²) < 4.78 is 10.3. The van der Waals surface area contributed by atoms with E-state index in [-0.39, 0.29) is 0 Å². The number of methoxy groups -OCH3 is 1. The molecule has 21 heavy (non-hydrogen) atoms. The number of nitrogens with one attached hydrogen (secondary N) is 1. The number of ether oxygens (including phenoxy) is 2. The Kier molecular flexibility index (Phi) is 5.79. The summed E-state index contributed by atoms with van der Waals surface area (Å²) in [6, 6.07) is 7.23. The van der Waals surface area contributed by atoms with Crippen LogP contribution in [0.4, 0.5) is 4.79 Å². The van der Waals surface area contributed by atoms with Gasteiger partial charge in [0.15, 0.2) is 0 Å². The van der Waals surface area contributed by atoms with Crippen molar-refractivity contribution in [3.8, 4) is 11.8 Å². The van der Waals surface area contributed by atoms with Crippen molar-refractivity contribution in [1.29, 1.82) is 5.26 Å². The molecule has 112 valence electrons. The number of carbonyl (C=O) groups is 1. The lowest BCUT2D eigenvalue weighted by molar-refractivity contribution is 0.0534. The number of amides is 1. The number of nitrogens with zero attached hydrogens (tertiary/aromatic N) is 1. The summed E-state index contributed by atoms with van der Waals surface area (Å²) in [5.41, 5.74) is 0.864. The Morgan fingerprint density at radius 2 is 2.14 bits per heavy atom. The van der Waals surface area contributed by atoms with Crippen LogP contribution in [0.3, 0.4) is 0 Å². The Labute approximate surface area is 125 Å². The predicted octanol–water partition coefficient (Wildman–Crippen LogP) is 3.10. The molecule has 1 aromatic carbocycles. The van der Waals surface area contributed by atoms with E-state index < -0.39 is 11.7 Å². The van der Waals surface area contributed by atoms with Crippen molar-refractivity contribution < 1.29 is 14.3 Å². The summed E-state index contributed by atoms with van der Waals surface area (Å²) >= 11 is 0. The van der Waals surface area contributed by atoms with E-state index in [2.05, 4.69) is 11.4 Å². The summed E-state index contributed by atoms with van der Waals surface area (Å²) in [5.74, 6) is 0.613. The molecule has 1 N–H and O–H groups in total. The molecule has 0 unspecified atom stereocenters. The number of carbonyl (C=O) groups excluding carboxylic acids is 1. The van der Waals surface area contributed by atoms with Gasteiger partial charge in [0.2, 0.25) is 0 Å². The molecule has 0 saturated heterocycles. The molecule has 0 heterocycles. The summed E-state index contributed by atoms with van der Waals surface area (Å²) in [6.07, 6.45) is 3.14. The number of hydrogen-bond donors (Lipinski definition) is 1. The average molecular weight is 288 g/mol. The molecule has 1 rings (SSSR count). The molecule has 0 spiro atoms. The average Bonchev–Trinajstić information content (AvgIpc) is 2.41. The number of alkyl carbamates (subject to hydrolysis) is 1. The van der Waals surface area contributed by atoms with Gasteiger partial charge in [0.1, 0.15) is 11.4 Å². The molecule has 0 aliphatic carbocycles. The van der Waals surface area contributed by atoms with E-state index in [0.717, 1.165) is 5.56 Å². The van der Waals surface area contributed by atoms with E-state index >= 15 is 0 Å². The van der Waals surface area contributed by atoms with E-state index in [1.165, 1.54) is 0 Å². The SMILES string of the molecule is COc1cc(C#N)ccc1C=CCNC(=O)OC(C)(C)C. The number of rotatable bonds is 4. The Morgan fingerprint density at radius 3 is 2.71 bits per heavy atom. The molecule has 0 aliphatic rings. The molecule has 0 aliphatic heterocycles. The minimum absolute atomic E-state index is 0.345. The molecule has 0 radical (unpaired) electrons. The maximum absolute atomic E-state index is 11.4. The lowest BCUT2D eigenvalue weighted by Gasteiger charge is -2.19. The van der Waals surface area contributed by atoms with Crippen LogP contribution in [0.2, 0.25) is 0 Å². The highest BCUT2D eigenvalue weighted by atomic mass is 16.6.